The van der Waals surface area contributed by atoms with Crippen LogP contribution in [0.15, 0.2) is 152 Å². The van der Waals surface area contributed by atoms with Crippen LogP contribution in [0.2, 0.25) is 0 Å². The fourth-order valence-corrected chi connectivity index (χ4v) is 7.19. The molecule has 0 aliphatic heterocycles. The fourth-order valence-electron chi connectivity index (χ4n) is 7.19. The van der Waals surface area contributed by atoms with Crippen LogP contribution in [0.5, 0.6) is 0 Å². The van der Waals surface area contributed by atoms with E-state index in [0.717, 1.165) is 64.0 Å². The molecule has 0 spiro atoms. The van der Waals surface area contributed by atoms with E-state index in [1.54, 1.807) is 0 Å². The topological polar surface area (TPSA) is 86.0 Å². The lowest BCUT2D eigenvalue weighted by Crippen LogP contribution is -2.39. The molecule has 0 aliphatic carbocycles. The summed E-state index contributed by atoms with van der Waals surface area (Å²) < 4.78 is 7.38. The maximum Gasteiger partial charge on any atom is 0.341 e. The number of nitrogens with zero attached hydrogens (tertiary/aromatic N) is 6. The molecule has 0 fully saturated rings. The van der Waals surface area contributed by atoms with Crippen molar-refractivity contribution in [3.05, 3.63) is 185 Å². The van der Waals surface area contributed by atoms with Crippen LogP contribution in [0, 0.1) is 6.92 Å². The molecule has 5 aromatic carbocycles. The number of esters is 1. The van der Waals surface area contributed by atoms with Crippen LogP contribution in [0.25, 0.3) is 22.5 Å². The van der Waals surface area contributed by atoms with E-state index >= 15 is 0 Å². The Morgan fingerprint density at radius 2 is 1.28 bits per heavy atom. The zero-order valence-electron chi connectivity index (χ0n) is 31.0. The summed E-state index contributed by atoms with van der Waals surface area (Å²) in [6.07, 6.45) is 1.99. The van der Waals surface area contributed by atoms with E-state index in [-0.39, 0.29) is 5.97 Å². The first kappa shape index (κ1) is 36.0. The Labute approximate surface area is 317 Å². The molecule has 7 aromatic rings. The number of hydrogen-bond donors (Lipinski definition) is 0. The van der Waals surface area contributed by atoms with Crippen LogP contribution in [0.4, 0.5) is 5.82 Å². The summed E-state index contributed by atoms with van der Waals surface area (Å²) in [6, 6.07) is 51.9. The van der Waals surface area contributed by atoms with Crippen molar-refractivity contribution in [3.8, 4) is 22.5 Å². The molecule has 0 atom stereocenters. The van der Waals surface area contributed by atoms with Crippen molar-refractivity contribution in [2.75, 3.05) is 18.1 Å². The number of carbonyl (C=O) groups excluding carboxylic acids is 1. The van der Waals surface area contributed by atoms with E-state index in [9.17, 15) is 4.79 Å². The van der Waals surface area contributed by atoms with Gasteiger partial charge in [0.2, 0.25) is 0 Å². The molecule has 0 N–H and O–H groups in total. The van der Waals surface area contributed by atoms with E-state index < -0.39 is 5.54 Å². The number of tetrazole rings is 1. The molecule has 0 amide bonds. The second-order valence-electron chi connectivity index (χ2n) is 13.3. The lowest BCUT2D eigenvalue weighted by molar-refractivity contribution is 0.0526. The van der Waals surface area contributed by atoms with Gasteiger partial charge in [0, 0.05) is 24.3 Å². The predicted octanol–water partition coefficient (Wildman–Crippen LogP) is 9.53. The molecule has 7 rings (SSSR count). The van der Waals surface area contributed by atoms with Crippen LogP contribution in [-0.4, -0.2) is 44.3 Å². The van der Waals surface area contributed by atoms with Crippen molar-refractivity contribution in [3.63, 3.8) is 0 Å². The Balaban J connectivity index is 1.30. The van der Waals surface area contributed by atoms with Gasteiger partial charge in [-0.2, -0.15) is 0 Å². The minimum atomic E-state index is -0.867. The van der Waals surface area contributed by atoms with Crippen molar-refractivity contribution in [2.24, 2.45) is 0 Å². The van der Waals surface area contributed by atoms with E-state index in [0.29, 0.717) is 30.4 Å². The summed E-state index contributed by atoms with van der Waals surface area (Å²) >= 11 is 0. The van der Waals surface area contributed by atoms with Crippen LogP contribution in [-0.2, 0) is 16.8 Å². The molecule has 0 aliphatic rings. The quantitative estimate of drug-likeness (QED) is 0.0820. The number of hydrogen-bond acceptors (Lipinski definition) is 7. The van der Waals surface area contributed by atoms with Crippen LogP contribution >= 0.6 is 0 Å². The van der Waals surface area contributed by atoms with Gasteiger partial charge in [-0.05, 0) is 76.2 Å². The first-order chi connectivity index (χ1) is 26.5. The number of anilines is 1. The summed E-state index contributed by atoms with van der Waals surface area (Å²) in [4.78, 5) is 20.0. The number of pyridine rings is 1. The van der Waals surface area contributed by atoms with Crippen molar-refractivity contribution in [1.29, 1.82) is 0 Å². The first-order valence-electron chi connectivity index (χ1n) is 18.6. The normalized spacial score (nSPS) is 11.3. The second kappa shape index (κ2) is 16.5. The van der Waals surface area contributed by atoms with Gasteiger partial charge >= 0.3 is 5.97 Å². The standard InChI is InChI=1S/C46H44N6O2/c1-4-6-32-51(43-42(45(53)54-5-2)31-26-34(3)47-43)33-35-27-29-36(30-28-35)40-24-16-17-25-41(40)44-48-49-50-52(44)46(37-18-10-7-11-19-37,38-20-12-8-13-21-38)39-22-14-9-15-23-39/h7-31H,4-6,32-33H2,1-3H3. The van der Waals surface area contributed by atoms with E-state index in [4.69, 9.17) is 20.0 Å². The molecule has 0 bridgehead atoms. The number of ether oxygens (including phenoxy) is 1. The molecule has 54 heavy (non-hydrogen) atoms. The summed E-state index contributed by atoms with van der Waals surface area (Å²) in [5.41, 5.74) is 7.66. The number of aryl methyl sites for hydroxylation is 1. The summed E-state index contributed by atoms with van der Waals surface area (Å²) in [7, 11) is 0. The van der Waals surface area contributed by atoms with Crippen LogP contribution < -0.4 is 4.90 Å². The molecule has 2 heterocycles. The highest BCUT2D eigenvalue weighted by Crippen LogP contribution is 2.43. The Kier molecular flexibility index (Phi) is 11.0. The molecular weight excluding hydrogens is 669 g/mol. The van der Waals surface area contributed by atoms with Gasteiger partial charge in [-0.1, -0.05) is 153 Å². The number of benzene rings is 5. The zero-order chi connectivity index (χ0) is 37.3. The average molecular weight is 713 g/mol. The second-order valence-corrected chi connectivity index (χ2v) is 13.3. The first-order valence-corrected chi connectivity index (χ1v) is 18.6. The molecule has 0 saturated heterocycles. The third-order valence-corrected chi connectivity index (χ3v) is 9.76. The molecular formula is C46H44N6O2. The van der Waals surface area contributed by atoms with Gasteiger partial charge in [-0.3, -0.25) is 0 Å². The van der Waals surface area contributed by atoms with Gasteiger partial charge in [0.05, 0.1) is 6.61 Å². The minimum absolute atomic E-state index is 0.308. The van der Waals surface area contributed by atoms with Crippen molar-refractivity contribution >= 4 is 11.8 Å². The molecule has 0 saturated carbocycles. The largest absolute Gasteiger partial charge is 0.462 e. The molecule has 2 aromatic heterocycles. The van der Waals surface area contributed by atoms with Gasteiger partial charge in [-0.15, -0.1) is 5.10 Å². The number of unbranched alkanes of at least 4 members (excludes halogenated alkanes) is 1. The fraction of sp³-hybridized carbons (Fsp3) is 0.196. The Hall–Kier alpha value is -6.41. The number of aromatic nitrogens is 5. The Morgan fingerprint density at radius 1 is 0.704 bits per heavy atom. The molecule has 8 heteroatoms. The SMILES string of the molecule is CCCCN(Cc1ccc(-c2ccccc2-c2nnnn2C(c2ccccc2)(c2ccccc2)c2ccccc2)cc1)c1nc(C)ccc1C(=O)OCC. The molecule has 0 radical (unpaired) electrons. The van der Waals surface area contributed by atoms with Crippen molar-refractivity contribution in [2.45, 2.75) is 45.7 Å². The monoisotopic (exact) mass is 712 g/mol. The third-order valence-electron chi connectivity index (χ3n) is 9.76. The molecule has 8 nitrogen and oxygen atoms in total. The highest BCUT2D eigenvalue weighted by Gasteiger charge is 2.42. The van der Waals surface area contributed by atoms with Gasteiger partial charge in [0.1, 0.15) is 16.9 Å². The van der Waals surface area contributed by atoms with Crippen LogP contribution in [0.3, 0.4) is 0 Å². The predicted molar refractivity (Wildman–Crippen MR) is 214 cm³/mol. The third kappa shape index (κ3) is 7.15. The number of rotatable bonds is 14. The van der Waals surface area contributed by atoms with Gasteiger partial charge in [0.25, 0.3) is 0 Å². The molecule has 0 unspecified atom stereocenters. The maximum absolute atomic E-state index is 13.0. The lowest BCUT2D eigenvalue weighted by atomic mass is 9.77. The Bertz CT molecular complexity index is 2190. The molecule has 270 valence electrons. The maximum atomic E-state index is 13.0. The van der Waals surface area contributed by atoms with Gasteiger partial charge in [-0.25, -0.2) is 14.5 Å². The summed E-state index contributed by atoms with van der Waals surface area (Å²) in [5, 5.41) is 13.8. The zero-order valence-corrected chi connectivity index (χ0v) is 31.0. The highest BCUT2D eigenvalue weighted by atomic mass is 16.5. The summed E-state index contributed by atoms with van der Waals surface area (Å²) in [6.45, 7) is 7.60. The highest BCUT2D eigenvalue weighted by molar-refractivity contribution is 5.95. The minimum Gasteiger partial charge on any atom is -0.462 e. The van der Waals surface area contributed by atoms with Crippen molar-refractivity contribution in [1.82, 2.24) is 25.2 Å². The van der Waals surface area contributed by atoms with E-state index in [1.807, 2.05) is 61.0 Å². The van der Waals surface area contributed by atoms with E-state index in [2.05, 4.69) is 126 Å². The number of carbonyl (C=O) groups is 1. The lowest BCUT2D eigenvalue weighted by Gasteiger charge is -2.36. The van der Waals surface area contributed by atoms with Crippen molar-refractivity contribution < 1.29 is 9.53 Å². The van der Waals surface area contributed by atoms with Gasteiger partial charge in [0.15, 0.2) is 5.82 Å². The van der Waals surface area contributed by atoms with Gasteiger partial charge < -0.3 is 9.64 Å². The van der Waals surface area contributed by atoms with E-state index in [1.165, 1.54) is 0 Å². The Morgan fingerprint density at radius 3 is 1.85 bits per heavy atom. The van der Waals surface area contributed by atoms with Crippen LogP contribution in [0.1, 0.15) is 65.0 Å². The smallest absolute Gasteiger partial charge is 0.341 e. The average Bonchev–Trinajstić information content (AvgIpc) is 3.71. The summed E-state index contributed by atoms with van der Waals surface area (Å²) in [5.74, 6) is 0.947.